The molecule has 0 spiro atoms. The minimum absolute atomic E-state index is 0.139. The summed E-state index contributed by atoms with van der Waals surface area (Å²) in [5.74, 6) is -0.741. The van der Waals surface area contributed by atoms with Gasteiger partial charge in [0.2, 0.25) is 5.91 Å². The molecule has 0 aliphatic carbocycles. The van der Waals surface area contributed by atoms with Crippen molar-refractivity contribution in [2.45, 2.75) is 19.8 Å². The molecule has 31 heavy (non-hydrogen) atoms. The summed E-state index contributed by atoms with van der Waals surface area (Å²) >= 11 is 0. The molecule has 1 aliphatic heterocycles. The number of rotatable bonds is 6. The molecule has 3 amide bonds. The molecule has 0 saturated carbocycles. The van der Waals surface area contributed by atoms with Crippen molar-refractivity contribution in [3.8, 4) is 0 Å². The third kappa shape index (κ3) is 3.89. The van der Waals surface area contributed by atoms with Crippen LogP contribution in [-0.4, -0.2) is 43.3 Å². The highest BCUT2D eigenvalue weighted by Crippen LogP contribution is 2.30. The fourth-order valence-electron chi connectivity index (χ4n) is 3.96. The van der Waals surface area contributed by atoms with Gasteiger partial charge in [0.15, 0.2) is 0 Å². The van der Waals surface area contributed by atoms with E-state index < -0.39 is 0 Å². The van der Waals surface area contributed by atoms with Crippen LogP contribution in [0.5, 0.6) is 0 Å². The summed E-state index contributed by atoms with van der Waals surface area (Å²) in [6.45, 7) is 2.15. The molecule has 0 fully saturated rings. The Kier molecular flexibility index (Phi) is 5.46. The highest BCUT2D eigenvalue weighted by atomic mass is 16.2. The number of hydrogen-bond acceptors (Lipinski definition) is 4. The van der Waals surface area contributed by atoms with Gasteiger partial charge in [-0.1, -0.05) is 24.3 Å². The minimum Gasteiger partial charge on any atom is -0.378 e. The highest BCUT2D eigenvalue weighted by molar-refractivity contribution is 6.25. The van der Waals surface area contributed by atoms with Gasteiger partial charge in [0.1, 0.15) is 0 Å². The molecule has 6 nitrogen and oxygen atoms in total. The Bertz CT molecular complexity index is 1150. The SMILES string of the molecule is Cc1cc(N(C)C)ccc1NC(=O)CCCN1C(=O)c2cccc3cccc(c23)C1=O. The number of anilines is 2. The van der Waals surface area contributed by atoms with Crippen molar-refractivity contribution in [1.29, 1.82) is 0 Å². The normalized spacial score (nSPS) is 12.9. The number of aryl methyl sites for hydroxylation is 1. The molecule has 0 bridgehead atoms. The summed E-state index contributed by atoms with van der Waals surface area (Å²) in [4.78, 5) is 41.5. The van der Waals surface area contributed by atoms with Crippen LogP contribution in [0.3, 0.4) is 0 Å². The number of nitrogens with zero attached hydrogens (tertiary/aromatic N) is 2. The fourth-order valence-corrected chi connectivity index (χ4v) is 3.96. The van der Waals surface area contributed by atoms with Gasteiger partial charge < -0.3 is 10.2 Å². The number of carbonyl (C=O) groups excluding carboxylic acids is 3. The van der Waals surface area contributed by atoms with Crippen molar-refractivity contribution in [3.05, 3.63) is 71.3 Å². The van der Waals surface area contributed by atoms with Crippen LogP contribution in [0.1, 0.15) is 39.1 Å². The zero-order chi connectivity index (χ0) is 22.1. The van der Waals surface area contributed by atoms with E-state index in [1.54, 1.807) is 12.1 Å². The maximum atomic E-state index is 12.9. The molecule has 3 aromatic rings. The second-order valence-electron chi connectivity index (χ2n) is 8.02. The van der Waals surface area contributed by atoms with E-state index in [9.17, 15) is 14.4 Å². The molecule has 1 N–H and O–H groups in total. The number of nitrogens with one attached hydrogen (secondary N) is 1. The zero-order valence-electron chi connectivity index (χ0n) is 17.9. The van der Waals surface area contributed by atoms with Gasteiger partial charge in [-0.2, -0.15) is 0 Å². The first-order valence-corrected chi connectivity index (χ1v) is 10.3. The molecular formula is C25H25N3O3. The number of imide groups is 1. The maximum absolute atomic E-state index is 12.9. The van der Waals surface area contributed by atoms with Gasteiger partial charge in [-0.3, -0.25) is 19.3 Å². The number of benzene rings is 3. The van der Waals surface area contributed by atoms with Gasteiger partial charge in [0.25, 0.3) is 11.8 Å². The van der Waals surface area contributed by atoms with Crippen LogP contribution in [0.15, 0.2) is 54.6 Å². The fraction of sp³-hybridized carbons (Fsp3) is 0.240. The molecule has 0 atom stereocenters. The van der Waals surface area contributed by atoms with E-state index >= 15 is 0 Å². The Morgan fingerprint density at radius 2 is 1.61 bits per heavy atom. The Labute approximate surface area is 181 Å². The zero-order valence-corrected chi connectivity index (χ0v) is 17.9. The predicted octanol–water partition coefficient (Wildman–Crippen LogP) is 4.23. The van der Waals surface area contributed by atoms with E-state index in [1.807, 2.05) is 68.4 Å². The third-order valence-corrected chi connectivity index (χ3v) is 5.64. The van der Waals surface area contributed by atoms with Crippen LogP contribution in [0.25, 0.3) is 10.8 Å². The molecule has 3 aromatic carbocycles. The topological polar surface area (TPSA) is 69.7 Å². The van der Waals surface area contributed by atoms with E-state index in [4.69, 9.17) is 0 Å². The Morgan fingerprint density at radius 1 is 0.968 bits per heavy atom. The lowest BCUT2D eigenvalue weighted by atomic mass is 9.94. The molecule has 158 valence electrons. The van der Waals surface area contributed by atoms with Crippen LogP contribution in [0.4, 0.5) is 11.4 Å². The number of hydrogen-bond donors (Lipinski definition) is 1. The van der Waals surface area contributed by atoms with Crippen LogP contribution < -0.4 is 10.2 Å². The van der Waals surface area contributed by atoms with E-state index in [1.165, 1.54) is 4.90 Å². The third-order valence-electron chi connectivity index (χ3n) is 5.64. The summed E-state index contributed by atoms with van der Waals surface area (Å²) < 4.78 is 0. The smallest absolute Gasteiger partial charge is 0.261 e. The van der Waals surface area contributed by atoms with Crippen molar-refractivity contribution in [3.63, 3.8) is 0 Å². The van der Waals surface area contributed by atoms with Crippen LogP contribution in [0, 0.1) is 6.92 Å². The lowest BCUT2D eigenvalue weighted by Gasteiger charge is -2.27. The second-order valence-corrected chi connectivity index (χ2v) is 8.02. The van der Waals surface area contributed by atoms with Gasteiger partial charge in [-0.25, -0.2) is 0 Å². The van der Waals surface area contributed by atoms with Gasteiger partial charge in [-0.05, 0) is 54.6 Å². The minimum atomic E-state index is -0.301. The molecule has 0 aromatic heterocycles. The lowest BCUT2D eigenvalue weighted by molar-refractivity contribution is -0.116. The van der Waals surface area contributed by atoms with E-state index in [2.05, 4.69) is 5.32 Å². The van der Waals surface area contributed by atoms with Crippen LogP contribution >= 0.6 is 0 Å². The number of carbonyl (C=O) groups is 3. The first-order valence-electron chi connectivity index (χ1n) is 10.3. The van der Waals surface area contributed by atoms with Gasteiger partial charge in [0, 0.05) is 54.9 Å². The molecule has 1 heterocycles. The second kappa shape index (κ2) is 8.22. The molecule has 1 aliphatic rings. The van der Waals surface area contributed by atoms with E-state index in [0.29, 0.717) is 22.9 Å². The summed E-state index contributed by atoms with van der Waals surface area (Å²) in [6, 6.07) is 16.8. The predicted molar refractivity (Wildman–Crippen MR) is 123 cm³/mol. The highest BCUT2D eigenvalue weighted by Gasteiger charge is 2.32. The quantitative estimate of drug-likeness (QED) is 0.612. The van der Waals surface area contributed by atoms with Gasteiger partial charge in [-0.15, -0.1) is 0 Å². The average Bonchev–Trinajstić information content (AvgIpc) is 2.75. The summed E-state index contributed by atoms with van der Waals surface area (Å²) in [5.41, 5.74) is 3.88. The van der Waals surface area contributed by atoms with E-state index in [-0.39, 0.29) is 30.7 Å². The summed E-state index contributed by atoms with van der Waals surface area (Å²) in [7, 11) is 3.93. The summed E-state index contributed by atoms with van der Waals surface area (Å²) in [6.07, 6.45) is 0.619. The van der Waals surface area contributed by atoms with Crippen molar-refractivity contribution in [1.82, 2.24) is 4.90 Å². The molecule has 0 saturated heterocycles. The Morgan fingerprint density at radius 3 is 2.19 bits per heavy atom. The lowest BCUT2D eigenvalue weighted by Crippen LogP contribution is -2.41. The van der Waals surface area contributed by atoms with Crippen molar-refractivity contribution in [2.24, 2.45) is 0 Å². The van der Waals surface area contributed by atoms with E-state index in [0.717, 1.165) is 22.3 Å². The molecule has 0 unspecified atom stereocenters. The van der Waals surface area contributed by atoms with Gasteiger partial charge >= 0.3 is 0 Å². The van der Waals surface area contributed by atoms with Crippen molar-refractivity contribution >= 4 is 39.9 Å². The Hall–Kier alpha value is -3.67. The standard InChI is InChI=1S/C25H25N3O3/c1-16-15-18(27(2)3)12-13-21(16)26-22(29)11-6-14-28-24(30)19-9-4-7-17-8-5-10-20(23(17)19)25(28)31/h4-5,7-10,12-13,15H,6,11,14H2,1-3H3,(H,26,29). The van der Waals surface area contributed by atoms with Crippen molar-refractivity contribution < 1.29 is 14.4 Å². The molecule has 6 heteroatoms. The maximum Gasteiger partial charge on any atom is 0.261 e. The van der Waals surface area contributed by atoms with Crippen molar-refractivity contribution in [2.75, 3.05) is 30.9 Å². The monoisotopic (exact) mass is 415 g/mol. The molecule has 4 rings (SSSR count). The first-order chi connectivity index (χ1) is 14.9. The molecule has 0 radical (unpaired) electrons. The average molecular weight is 415 g/mol. The Balaban J connectivity index is 1.40. The molecular weight excluding hydrogens is 390 g/mol. The van der Waals surface area contributed by atoms with Gasteiger partial charge in [0.05, 0.1) is 0 Å². The number of amides is 3. The summed E-state index contributed by atoms with van der Waals surface area (Å²) in [5, 5.41) is 4.52. The van der Waals surface area contributed by atoms with Crippen LogP contribution in [0.2, 0.25) is 0 Å². The first kappa shape index (κ1) is 20.6. The largest absolute Gasteiger partial charge is 0.378 e. The van der Waals surface area contributed by atoms with Crippen LogP contribution in [-0.2, 0) is 4.79 Å².